The SMILES string of the molecule is O=C(c1cccc2cnccc12)C1CCS(=O)(=O)C1. The highest BCUT2D eigenvalue weighted by molar-refractivity contribution is 7.91. The minimum absolute atomic E-state index is 0.0205. The second-order valence-corrected chi connectivity index (χ2v) is 7.10. The molecule has 0 amide bonds. The number of Topliss-reactive ketones (excluding diaryl/α,β-unsaturated/α-hetero) is 1. The molecule has 1 unspecified atom stereocenters. The molecule has 0 aliphatic carbocycles. The minimum Gasteiger partial charge on any atom is -0.294 e. The van der Waals surface area contributed by atoms with Crippen LogP contribution in [0.1, 0.15) is 16.8 Å². The van der Waals surface area contributed by atoms with Gasteiger partial charge in [0.25, 0.3) is 0 Å². The molecule has 5 heteroatoms. The molecule has 1 aliphatic rings. The van der Waals surface area contributed by atoms with Crippen molar-refractivity contribution >= 4 is 26.4 Å². The van der Waals surface area contributed by atoms with E-state index in [2.05, 4.69) is 4.98 Å². The molecule has 4 nitrogen and oxygen atoms in total. The third-order valence-corrected chi connectivity index (χ3v) is 5.32. The first-order chi connectivity index (χ1) is 9.07. The van der Waals surface area contributed by atoms with Crippen LogP contribution in [0.4, 0.5) is 0 Å². The molecule has 3 rings (SSSR count). The average molecular weight is 275 g/mol. The van der Waals surface area contributed by atoms with Crippen molar-refractivity contribution in [3.8, 4) is 0 Å². The third-order valence-electron chi connectivity index (χ3n) is 3.55. The van der Waals surface area contributed by atoms with Gasteiger partial charge in [-0.3, -0.25) is 9.78 Å². The van der Waals surface area contributed by atoms with Crippen LogP contribution in [0.25, 0.3) is 10.8 Å². The summed E-state index contributed by atoms with van der Waals surface area (Å²) in [5.41, 5.74) is 0.599. The Balaban J connectivity index is 2.03. The average Bonchev–Trinajstić information content (AvgIpc) is 2.78. The predicted octanol–water partition coefficient (Wildman–Crippen LogP) is 1.85. The molecule has 2 aromatic rings. The van der Waals surface area contributed by atoms with E-state index in [1.54, 1.807) is 30.6 Å². The zero-order valence-electron chi connectivity index (χ0n) is 10.2. The lowest BCUT2D eigenvalue weighted by Crippen LogP contribution is -2.16. The number of pyridine rings is 1. The topological polar surface area (TPSA) is 64.1 Å². The molecule has 0 radical (unpaired) electrons. The van der Waals surface area contributed by atoms with Gasteiger partial charge in [0.2, 0.25) is 0 Å². The Morgan fingerprint density at radius 2 is 2.11 bits per heavy atom. The van der Waals surface area contributed by atoms with Gasteiger partial charge in [-0.25, -0.2) is 8.42 Å². The number of hydrogen-bond acceptors (Lipinski definition) is 4. The monoisotopic (exact) mass is 275 g/mol. The fraction of sp³-hybridized carbons (Fsp3) is 0.286. The van der Waals surface area contributed by atoms with E-state index in [1.165, 1.54) is 0 Å². The largest absolute Gasteiger partial charge is 0.294 e. The summed E-state index contributed by atoms with van der Waals surface area (Å²) in [6, 6.07) is 7.26. The highest BCUT2D eigenvalue weighted by Gasteiger charge is 2.33. The number of carbonyl (C=O) groups excluding carboxylic acids is 1. The van der Waals surface area contributed by atoms with Crippen molar-refractivity contribution in [1.29, 1.82) is 0 Å². The highest BCUT2D eigenvalue weighted by atomic mass is 32.2. The van der Waals surface area contributed by atoms with Gasteiger partial charge in [-0.05, 0) is 17.9 Å². The van der Waals surface area contributed by atoms with Gasteiger partial charge >= 0.3 is 0 Å². The first-order valence-electron chi connectivity index (χ1n) is 6.14. The molecule has 1 aliphatic heterocycles. The van der Waals surface area contributed by atoms with Gasteiger partial charge in [0.1, 0.15) is 0 Å². The minimum atomic E-state index is -3.03. The first kappa shape index (κ1) is 12.3. The van der Waals surface area contributed by atoms with Gasteiger partial charge in [-0.15, -0.1) is 0 Å². The smallest absolute Gasteiger partial charge is 0.167 e. The lowest BCUT2D eigenvalue weighted by molar-refractivity contribution is 0.0935. The summed E-state index contributed by atoms with van der Waals surface area (Å²) in [7, 11) is -3.03. The standard InChI is InChI=1S/C14H13NO3S/c16-14(11-5-7-19(17,18)9-11)13-3-1-2-10-8-15-6-4-12(10)13/h1-4,6,8,11H,5,7,9H2. The molecule has 0 N–H and O–H groups in total. The van der Waals surface area contributed by atoms with Gasteiger partial charge in [0.05, 0.1) is 11.5 Å². The number of ketones is 1. The van der Waals surface area contributed by atoms with Gasteiger partial charge in [0.15, 0.2) is 15.6 Å². The zero-order valence-corrected chi connectivity index (χ0v) is 11.1. The number of rotatable bonds is 2. The molecule has 0 bridgehead atoms. The maximum absolute atomic E-state index is 12.5. The van der Waals surface area contributed by atoms with E-state index in [0.717, 1.165) is 10.8 Å². The van der Waals surface area contributed by atoms with E-state index in [-0.39, 0.29) is 17.3 Å². The fourth-order valence-corrected chi connectivity index (χ4v) is 4.30. The number of hydrogen-bond donors (Lipinski definition) is 0. The van der Waals surface area contributed by atoms with Crippen LogP contribution in [0.5, 0.6) is 0 Å². The Kier molecular flexibility index (Phi) is 2.86. The van der Waals surface area contributed by atoms with E-state index < -0.39 is 15.8 Å². The molecule has 0 spiro atoms. The predicted molar refractivity (Wildman–Crippen MR) is 72.8 cm³/mol. The Morgan fingerprint density at radius 3 is 2.84 bits per heavy atom. The Labute approximate surface area is 111 Å². The van der Waals surface area contributed by atoms with E-state index in [4.69, 9.17) is 0 Å². The molecule has 1 atom stereocenters. The zero-order chi connectivity index (χ0) is 13.5. The molecule has 2 heterocycles. The first-order valence-corrected chi connectivity index (χ1v) is 7.96. The van der Waals surface area contributed by atoms with Crippen LogP contribution in [-0.2, 0) is 9.84 Å². The summed E-state index contributed by atoms with van der Waals surface area (Å²) in [5, 5.41) is 1.74. The summed E-state index contributed by atoms with van der Waals surface area (Å²) < 4.78 is 23.0. The van der Waals surface area contributed by atoms with Gasteiger partial charge in [-0.2, -0.15) is 0 Å². The molecular formula is C14H13NO3S. The molecule has 1 saturated heterocycles. The van der Waals surface area contributed by atoms with Crippen molar-refractivity contribution < 1.29 is 13.2 Å². The lowest BCUT2D eigenvalue weighted by atomic mass is 9.94. The van der Waals surface area contributed by atoms with Crippen LogP contribution in [0.2, 0.25) is 0 Å². The van der Waals surface area contributed by atoms with Crippen LogP contribution >= 0.6 is 0 Å². The number of aromatic nitrogens is 1. The summed E-state index contributed by atoms with van der Waals surface area (Å²) >= 11 is 0. The molecule has 1 aromatic heterocycles. The van der Waals surface area contributed by atoms with Crippen LogP contribution in [0, 0.1) is 5.92 Å². The molecule has 1 aromatic carbocycles. The van der Waals surface area contributed by atoms with Gasteiger partial charge in [-0.1, -0.05) is 18.2 Å². The number of carbonyl (C=O) groups is 1. The Hall–Kier alpha value is -1.75. The second kappa shape index (κ2) is 4.42. The summed E-state index contributed by atoms with van der Waals surface area (Å²) in [6.45, 7) is 0. The van der Waals surface area contributed by atoms with E-state index in [0.29, 0.717) is 12.0 Å². The number of nitrogens with zero attached hydrogens (tertiary/aromatic N) is 1. The highest BCUT2D eigenvalue weighted by Crippen LogP contribution is 2.26. The molecule has 0 saturated carbocycles. The van der Waals surface area contributed by atoms with Crippen molar-refractivity contribution in [2.24, 2.45) is 5.92 Å². The number of fused-ring (bicyclic) bond motifs is 1. The fourth-order valence-electron chi connectivity index (χ4n) is 2.56. The van der Waals surface area contributed by atoms with Crippen LogP contribution in [0.3, 0.4) is 0 Å². The van der Waals surface area contributed by atoms with Crippen molar-refractivity contribution in [3.63, 3.8) is 0 Å². The third kappa shape index (κ3) is 2.26. The van der Waals surface area contributed by atoms with Crippen molar-refractivity contribution in [2.45, 2.75) is 6.42 Å². The maximum atomic E-state index is 12.5. The van der Waals surface area contributed by atoms with Gasteiger partial charge in [0, 0.05) is 29.3 Å². The number of sulfone groups is 1. The Morgan fingerprint density at radius 1 is 1.26 bits per heavy atom. The van der Waals surface area contributed by atoms with E-state index in [9.17, 15) is 13.2 Å². The van der Waals surface area contributed by atoms with E-state index in [1.807, 2.05) is 6.07 Å². The van der Waals surface area contributed by atoms with Crippen molar-refractivity contribution in [2.75, 3.05) is 11.5 Å². The maximum Gasteiger partial charge on any atom is 0.167 e. The second-order valence-electron chi connectivity index (χ2n) is 4.87. The van der Waals surface area contributed by atoms with Crippen LogP contribution < -0.4 is 0 Å². The summed E-state index contributed by atoms with van der Waals surface area (Å²) in [6.07, 6.45) is 3.78. The Bertz CT molecular complexity index is 747. The van der Waals surface area contributed by atoms with Gasteiger partial charge < -0.3 is 0 Å². The quantitative estimate of drug-likeness (QED) is 0.785. The van der Waals surface area contributed by atoms with E-state index >= 15 is 0 Å². The van der Waals surface area contributed by atoms with Crippen LogP contribution in [0.15, 0.2) is 36.7 Å². The molecule has 98 valence electrons. The van der Waals surface area contributed by atoms with Crippen LogP contribution in [-0.4, -0.2) is 30.7 Å². The number of benzene rings is 1. The molecule has 1 fully saturated rings. The normalized spacial score (nSPS) is 21.6. The summed E-state index contributed by atoms with van der Waals surface area (Å²) in [5.74, 6) is -0.370. The molecule has 19 heavy (non-hydrogen) atoms. The molecular weight excluding hydrogens is 262 g/mol. The summed E-state index contributed by atoms with van der Waals surface area (Å²) in [4.78, 5) is 16.5. The lowest BCUT2D eigenvalue weighted by Gasteiger charge is -2.09. The van der Waals surface area contributed by atoms with Crippen molar-refractivity contribution in [3.05, 3.63) is 42.2 Å². The van der Waals surface area contributed by atoms with Crippen molar-refractivity contribution in [1.82, 2.24) is 4.98 Å².